The Morgan fingerprint density at radius 1 is 1.27 bits per heavy atom. The molecule has 0 atom stereocenters. The highest BCUT2D eigenvalue weighted by Gasteiger charge is 2.24. The summed E-state index contributed by atoms with van der Waals surface area (Å²) in [7, 11) is 3.55. The minimum Gasteiger partial charge on any atom is -0.357 e. The molecule has 1 aliphatic heterocycles. The van der Waals surface area contributed by atoms with Crippen molar-refractivity contribution in [1.82, 2.24) is 19.4 Å². The van der Waals surface area contributed by atoms with E-state index in [1.807, 2.05) is 18.0 Å². The number of carbonyl (C=O) groups is 1. The number of amides is 1. The Hall–Kier alpha value is -2.86. The van der Waals surface area contributed by atoms with Crippen LogP contribution in [0.15, 0.2) is 47.5 Å². The van der Waals surface area contributed by atoms with Crippen molar-refractivity contribution in [3.63, 3.8) is 0 Å². The van der Waals surface area contributed by atoms with Crippen LogP contribution < -0.4 is 5.56 Å². The van der Waals surface area contributed by atoms with E-state index in [0.717, 1.165) is 39.0 Å². The minimum atomic E-state index is -0.116. The van der Waals surface area contributed by atoms with Crippen LogP contribution in [0.25, 0.3) is 10.9 Å². The molecular weight excluding hydrogens is 376 g/mol. The van der Waals surface area contributed by atoms with Crippen LogP contribution in [0, 0.1) is 12.8 Å². The first kappa shape index (κ1) is 20.4. The SMILES string of the molecule is Cc1cccc(CN2CCC(CN(C)C(=O)c3cn(C)c(=O)c4[nH]ccc34)CC2)c1.[HH]. The summed E-state index contributed by atoms with van der Waals surface area (Å²) in [5.74, 6) is 0.472. The van der Waals surface area contributed by atoms with Crippen molar-refractivity contribution in [3.05, 3.63) is 69.8 Å². The highest BCUT2D eigenvalue weighted by molar-refractivity contribution is 6.05. The molecule has 0 spiro atoms. The number of benzene rings is 1. The van der Waals surface area contributed by atoms with Gasteiger partial charge in [0.1, 0.15) is 5.52 Å². The summed E-state index contributed by atoms with van der Waals surface area (Å²) in [5.41, 5.74) is 3.62. The van der Waals surface area contributed by atoms with Gasteiger partial charge in [0.2, 0.25) is 0 Å². The maximum absolute atomic E-state index is 13.1. The third-order valence-corrected chi connectivity index (χ3v) is 6.20. The molecule has 0 saturated carbocycles. The summed E-state index contributed by atoms with van der Waals surface area (Å²) in [6.07, 6.45) is 5.56. The van der Waals surface area contributed by atoms with E-state index in [0.29, 0.717) is 22.4 Å². The largest absolute Gasteiger partial charge is 0.357 e. The molecule has 3 heterocycles. The van der Waals surface area contributed by atoms with Crippen molar-refractivity contribution in [3.8, 4) is 0 Å². The fourth-order valence-electron chi connectivity index (χ4n) is 4.51. The van der Waals surface area contributed by atoms with Gasteiger partial charge in [0.05, 0.1) is 5.56 Å². The molecule has 1 saturated heterocycles. The van der Waals surface area contributed by atoms with Gasteiger partial charge in [0, 0.05) is 46.4 Å². The van der Waals surface area contributed by atoms with Gasteiger partial charge in [-0.3, -0.25) is 14.5 Å². The molecule has 0 aliphatic carbocycles. The van der Waals surface area contributed by atoms with Gasteiger partial charge >= 0.3 is 0 Å². The summed E-state index contributed by atoms with van der Waals surface area (Å²) in [4.78, 5) is 32.6. The van der Waals surface area contributed by atoms with Crippen molar-refractivity contribution >= 4 is 16.8 Å². The summed E-state index contributed by atoms with van der Waals surface area (Å²) in [5, 5.41) is 0.697. The molecule has 1 aliphatic rings. The van der Waals surface area contributed by atoms with Crippen LogP contribution in [0.5, 0.6) is 0 Å². The molecule has 1 N–H and O–H groups in total. The third kappa shape index (κ3) is 4.19. The van der Waals surface area contributed by atoms with Gasteiger partial charge in [-0.2, -0.15) is 0 Å². The van der Waals surface area contributed by atoms with Crippen LogP contribution in [0.4, 0.5) is 0 Å². The predicted octanol–water partition coefficient (Wildman–Crippen LogP) is 3.41. The number of aryl methyl sites for hydroxylation is 2. The number of aromatic nitrogens is 2. The number of aromatic amines is 1. The number of pyridine rings is 1. The molecule has 1 aromatic carbocycles. The average Bonchev–Trinajstić information content (AvgIpc) is 3.22. The smallest absolute Gasteiger partial charge is 0.274 e. The van der Waals surface area contributed by atoms with E-state index in [2.05, 4.69) is 41.1 Å². The van der Waals surface area contributed by atoms with E-state index in [4.69, 9.17) is 0 Å². The Labute approximate surface area is 178 Å². The summed E-state index contributed by atoms with van der Waals surface area (Å²) in [6.45, 7) is 5.98. The molecule has 6 heteroatoms. The first-order valence-electron chi connectivity index (χ1n) is 10.6. The number of nitrogens with one attached hydrogen (secondary N) is 1. The van der Waals surface area contributed by atoms with Gasteiger partial charge in [-0.15, -0.1) is 0 Å². The van der Waals surface area contributed by atoms with Gasteiger partial charge in [-0.25, -0.2) is 0 Å². The van der Waals surface area contributed by atoms with Gasteiger partial charge in [-0.05, 0) is 50.4 Å². The molecule has 1 fully saturated rings. The van der Waals surface area contributed by atoms with E-state index in [9.17, 15) is 9.59 Å². The normalized spacial score (nSPS) is 15.6. The van der Waals surface area contributed by atoms with Crippen molar-refractivity contribution in [2.45, 2.75) is 26.3 Å². The van der Waals surface area contributed by atoms with Crippen molar-refractivity contribution in [2.75, 3.05) is 26.7 Å². The number of likely N-dealkylation sites (tertiary alicyclic amines) is 1. The van der Waals surface area contributed by atoms with Crippen LogP contribution in [0.1, 0.15) is 35.8 Å². The molecule has 3 aromatic rings. The molecule has 4 rings (SSSR count). The number of piperidine rings is 1. The lowest BCUT2D eigenvalue weighted by atomic mass is 9.95. The van der Waals surface area contributed by atoms with Crippen molar-refractivity contribution in [2.24, 2.45) is 13.0 Å². The molecule has 2 aromatic heterocycles. The van der Waals surface area contributed by atoms with Crippen LogP contribution in [-0.2, 0) is 13.6 Å². The van der Waals surface area contributed by atoms with E-state index < -0.39 is 0 Å². The van der Waals surface area contributed by atoms with Crippen LogP contribution >= 0.6 is 0 Å². The quantitative estimate of drug-likeness (QED) is 0.704. The maximum Gasteiger partial charge on any atom is 0.274 e. The Bertz CT molecular complexity index is 1110. The van der Waals surface area contributed by atoms with E-state index in [1.165, 1.54) is 15.7 Å². The number of hydrogen-bond donors (Lipinski definition) is 1. The van der Waals surface area contributed by atoms with E-state index in [-0.39, 0.29) is 12.9 Å². The number of H-pyrrole nitrogens is 1. The highest BCUT2D eigenvalue weighted by atomic mass is 16.2. The lowest BCUT2D eigenvalue weighted by Crippen LogP contribution is -2.39. The number of carbonyl (C=O) groups excluding carboxylic acids is 1. The molecule has 0 bridgehead atoms. The van der Waals surface area contributed by atoms with Crippen LogP contribution in [0.3, 0.4) is 0 Å². The second kappa shape index (κ2) is 8.48. The zero-order valence-corrected chi connectivity index (χ0v) is 18.0. The zero-order chi connectivity index (χ0) is 21.3. The second-order valence-corrected chi connectivity index (χ2v) is 8.62. The molecule has 0 unspecified atom stereocenters. The highest BCUT2D eigenvalue weighted by Crippen LogP contribution is 2.22. The Morgan fingerprint density at radius 2 is 2.03 bits per heavy atom. The van der Waals surface area contributed by atoms with Gasteiger partial charge in [0.25, 0.3) is 11.5 Å². The summed E-state index contributed by atoms with van der Waals surface area (Å²) < 4.78 is 1.48. The van der Waals surface area contributed by atoms with E-state index >= 15 is 0 Å². The fourth-order valence-corrected chi connectivity index (χ4v) is 4.51. The Balaban J connectivity index is 0.00000272. The molecule has 1 amide bonds. The first-order chi connectivity index (χ1) is 14.4. The van der Waals surface area contributed by atoms with Gasteiger partial charge in [0.15, 0.2) is 0 Å². The number of fused-ring (bicyclic) bond motifs is 1. The molecule has 160 valence electrons. The Morgan fingerprint density at radius 3 is 2.77 bits per heavy atom. The molecule has 6 nitrogen and oxygen atoms in total. The first-order valence-corrected chi connectivity index (χ1v) is 10.6. The lowest BCUT2D eigenvalue weighted by molar-refractivity contribution is 0.0738. The average molecular weight is 409 g/mol. The van der Waals surface area contributed by atoms with E-state index in [1.54, 1.807) is 19.4 Å². The maximum atomic E-state index is 13.1. The summed E-state index contributed by atoms with van der Waals surface area (Å²) in [6, 6.07) is 10.5. The number of nitrogens with zero attached hydrogens (tertiary/aromatic N) is 3. The topological polar surface area (TPSA) is 61.3 Å². The van der Waals surface area contributed by atoms with Crippen molar-refractivity contribution < 1.29 is 6.22 Å². The molecule has 0 radical (unpaired) electrons. The predicted molar refractivity (Wildman–Crippen MR) is 122 cm³/mol. The van der Waals surface area contributed by atoms with Gasteiger partial charge < -0.3 is 14.5 Å². The van der Waals surface area contributed by atoms with Crippen LogP contribution in [0.2, 0.25) is 0 Å². The number of hydrogen-bond acceptors (Lipinski definition) is 3. The third-order valence-electron chi connectivity index (χ3n) is 6.20. The van der Waals surface area contributed by atoms with Crippen molar-refractivity contribution in [1.29, 1.82) is 0 Å². The van der Waals surface area contributed by atoms with Gasteiger partial charge in [-0.1, -0.05) is 29.8 Å². The zero-order valence-electron chi connectivity index (χ0n) is 18.0. The lowest BCUT2D eigenvalue weighted by Gasteiger charge is -2.34. The van der Waals surface area contributed by atoms with Crippen LogP contribution in [-0.4, -0.2) is 51.9 Å². The number of rotatable bonds is 5. The molecular formula is C24H32N4O2. The summed E-state index contributed by atoms with van der Waals surface area (Å²) >= 11 is 0. The second-order valence-electron chi connectivity index (χ2n) is 8.62. The monoisotopic (exact) mass is 408 g/mol. The fraction of sp³-hybridized carbons (Fsp3) is 0.417. The Kier molecular flexibility index (Phi) is 5.77. The molecule has 30 heavy (non-hydrogen) atoms. The minimum absolute atomic E-state index is 0. The standard InChI is InChI=1S/C24H30N4O2.H2/c1-17-5-4-6-19(13-17)15-28-11-8-18(9-12-28)14-26(2)23(29)21-16-27(3)24(30)22-20(21)7-10-25-22;/h4-7,10,13,16,18,25H,8-9,11-12,14-15H2,1-3H3;1H.